The van der Waals surface area contributed by atoms with Gasteiger partial charge in [-0.25, -0.2) is 4.98 Å². The van der Waals surface area contributed by atoms with Crippen molar-refractivity contribution >= 4 is 81.6 Å². The molecule has 54 heavy (non-hydrogen) atoms. The van der Waals surface area contributed by atoms with Gasteiger partial charge in [0.05, 0.1) is 5.39 Å². The number of thiophene rings is 1. The first-order valence-electron chi connectivity index (χ1n) is 18.0. The molecular formula is C49H30N2O2S. The van der Waals surface area contributed by atoms with Crippen molar-refractivity contribution in [2.24, 2.45) is 0 Å². The second-order valence-corrected chi connectivity index (χ2v) is 14.6. The van der Waals surface area contributed by atoms with Crippen molar-refractivity contribution in [3.8, 4) is 33.7 Å². The zero-order valence-electron chi connectivity index (χ0n) is 28.9. The van der Waals surface area contributed by atoms with Crippen LogP contribution in [-0.4, -0.2) is 4.98 Å². The summed E-state index contributed by atoms with van der Waals surface area (Å²) in [5.74, 6) is 0.592. The van der Waals surface area contributed by atoms with Gasteiger partial charge in [-0.3, -0.25) is 0 Å². The molecule has 11 aromatic rings. The molecule has 0 aliphatic heterocycles. The second kappa shape index (κ2) is 12.3. The van der Waals surface area contributed by atoms with Crippen LogP contribution in [0.25, 0.3) is 86.9 Å². The van der Waals surface area contributed by atoms with Gasteiger partial charge >= 0.3 is 0 Å². The molecular weight excluding hydrogens is 681 g/mol. The monoisotopic (exact) mass is 710 g/mol. The number of oxazole rings is 1. The number of aromatic nitrogens is 1. The molecule has 0 amide bonds. The third-order valence-electron chi connectivity index (χ3n) is 10.3. The van der Waals surface area contributed by atoms with E-state index in [4.69, 9.17) is 13.8 Å². The Bertz CT molecular complexity index is 3160. The summed E-state index contributed by atoms with van der Waals surface area (Å²) in [5, 5.41) is 4.52. The van der Waals surface area contributed by atoms with Crippen molar-refractivity contribution in [3.05, 3.63) is 182 Å². The van der Waals surface area contributed by atoms with Gasteiger partial charge in [0.15, 0.2) is 5.58 Å². The SMILES string of the molecule is c1ccc(-c2ccc(N(c3cccc(-c4cccc5c4sc4ccccc45)c3)c3ccc4oc5ccc6oc(-c7ccccc7)nc6c5c4c3)cc2)cc1. The van der Waals surface area contributed by atoms with Gasteiger partial charge in [-0.15, -0.1) is 11.3 Å². The van der Waals surface area contributed by atoms with E-state index in [-0.39, 0.29) is 0 Å². The Balaban J connectivity index is 1.10. The summed E-state index contributed by atoms with van der Waals surface area (Å²) in [7, 11) is 0. The van der Waals surface area contributed by atoms with Crippen LogP contribution in [0.5, 0.6) is 0 Å². The van der Waals surface area contributed by atoms with Gasteiger partial charge in [-0.05, 0) is 95.1 Å². The van der Waals surface area contributed by atoms with Crippen LogP contribution in [0.3, 0.4) is 0 Å². The van der Waals surface area contributed by atoms with Crippen molar-refractivity contribution in [2.75, 3.05) is 4.90 Å². The van der Waals surface area contributed by atoms with Crippen LogP contribution in [0.4, 0.5) is 17.1 Å². The lowest BCUT2D eigenvalue weighted by Gasteiger charge is -2.26. The van der Waals surface area contributed by atoms with Crippen LogP contribution in [0.15, 0.2) is 191 Å². The van der Waals surface area contributed by atoms with Gasteiger partial charge in [-0.1, -0.05) is 109 Å². The molecule has 3 aromatic heterocycles. The second-order valence-electron chi connectivity index (χ2n) is 13.5. The average molecular weight is 711 g/mol. The van der Waals surface area contributed by atoms with E-state index in [0.717, 1.165) is 55.7 Å². The Labute approximate surface area is 314 Å². The minimum atomic E-state index is 0.592. The Morgan fingerprint density at radius 2 is 1.07 bits per heavy atom. The lowest BCUT2D eigenvalue weighted by molar-refractivity contribution is 0.619. The van der Waals surface area contributed by atoms with E-state index in [0.29, 0.717) is 5.89 Å². The summed E-state index contributed by atoms with van der Waals surface area (Å²) in [4.78, 5) is 7.34. The van der Waals surface area contributed by atoms with Gasteiger partial charge in [0, 0.05) is 48.2 Å². The Morgan fingerprint density at radius 1 is 0.426 bits per heavy atom. The first kappa shape index (κ1) is 30.7. The van der Waals surface area contributed by atoms with E-state index in [1.165, 1.54) is 42.4 Å². The van der Waals surface area contributed by atoms with E-state index in [2.05, 4.69) is 144 Å². The van der Waals surface area contributed by atoms with Crippen molar-refractivity contribution < 1.29 is 8.83 Å². The van der Waals surface area contributed by atoms with Crippen molar-refractivity contribution in [2.45, 2.75) is 0 Å². The fourth-order valence-electron chi connectivity index (χ4n) is 7.75. The average Bonchev–Trinajstić information content (AvgIpc) is 3.95. The van der Waals surface area contributed by atoms with Gasteiger partial charge in [-0.2, -0.15) is 0 Å². The van der Waals surface area contributed by atoms with Crippen LogP contribution < -0.4 is 4.90 Å². The van der Waals surface area contributed by atoms with Crippen LogP contribution in [0.1, 0.15) is 0 Å². The van der Waals surface area contributed by atoms with E-state index in [1.54, 1.807) is 0 Å². The van der Waals surface area contributed by atoms with E-state index >= 15 is 0 Å². The number of anilines is 3. The molecule has 254 valence electrons. The fraction of sp³-hybridized carbons (Fsp3) is 0. The Kier molecular flexibility index (Phi) is 7.00. The molecule has 0 fully saturated rings. The summed E-state index contributed by atoms with van der Waals surface area (Å²) in [6.07, 6.45) is 0. The summed E-state index contributed by atoms with van der Waals surface area (Å²) in [5.41, 5.74) is 11.9. The number of hydrogen-bond donors (Lipinski definition) is 0. The molecule has 4 nitrogen and oxygen atoms in total. The van der Waals surface area contributed by atoms with Crippen molar-refractivity contribution in [1.29, 1.82) is 0 Å². The zero-order chi connectivity index (χ0) is 35.6. The molecule has 5 heteroatoms. The number of furan rings is 1. The van der Waals surface area contributed by atoms with E-state index in [1.807, 2.05) is 53.8 Å². The standard InChI is InChI=1S/C49H30N2O2S/c1-3-11-31(12-4-1)32-21-23-35(24-22-32)51(36-16-9-15-34(29-36)38-18-10-19-40-39-17-7-8-20-45(39)54-48(38)40)37-25-26-42-41(30-37)46-43(52-42)27-28-44-47(46)50-49(53-44)33-13-5-2-6-14-33/h1-30H. The van der Waals surface area contributed by atoms with E-state index in [9.17, 15) is 0 Å². The first-order chi connectivity index (χ1) is 26.7. The Hall–Kier alpha value is -6.95. The summed E-state index contributed by atoms with van der Waals surface area (Å²) >= 11 is 1.86. The fourth-order valence-corrected chi connectivity index (χ4v) is 8.99. The van der Waals surface area contributed by atoms with Crippen molar-refractivity contribution in [1.82, 2.24) is 4.98 Å². The number of rotatable bonds is 6. The molecule has 0 saturated carbocycles. The molecule has 0 bridgehead atoms. The van der Waals surface area contributed by atoms with Gasteiger partial charge in [0.1, 0.15) is 16.7 Å². The van der Waals surface area contributed by atoms with E-state index < -0.39 is 0 Å². The van der Waals surface area contributed by atoms with Gasteiger partial charge in [0.2, 0.25) is 5.89 Å². The van der Waals surface area contributed by atoms with Crippen molar-refractivity contribution in [3.63, 3.8) is 0 Å². The molecule has 11 rings (SSSR count). The number of fused-ring (bicyclic) bond motifs is 8. The van der Waals surface area contributed by atoms with Gasteiger partial charge < -0.3 is 13.7 Å². The molecule has 0 radical (unpaired) electrons. The maximum atomic E-state index is 6.43. The number of hydrogen-bond acceptors (Lipinski definition) is 5. The zero-order valence-corrected chi connectivity index (χ0v) is 29.8. The molecule has 0 atom stereocenters. The highest BCUT2D eigenvalue weighted by atomic mass is 32.1. The number of benzene rings is 8. The third-order valence-corrected chi connectivity index (χ3v) is 11.5. The minimum Gasteiger partial charge on any atom is -0.456 e. The summed E-state index contributed by atoms with van der Waals surface area (Å²) < 4.78 is 15.3. The first-order valence-corrected chi connectivity index (χ1v) is 18.8. The smallest absolute Gasteiger partial charge is 0.227 e. The molecule has 8 aromatic carbocycles. The lowest BCUT2D eigenvalue weighted by atomic mass is 10.0. The highest BCUT2D eigenvalue weighted by molar-refractivity contribution is 7.26. The number of nitrogens with zero attached hydrogens (tertiary/aromatic N) is 2. The Morgan fingerprint density at radius 3 is 1.93 bits per heavy atom. The molecule has 0 spiro atoms. The highest BCUT2D eigenvalue weighted by Gasteiger charge is 2.20. The maximum Gasteiger partial charge on any atom is 0.227 e. The van der Waals surface area contributed by atoms with Crippen LogP contribution in [0.2, 0.25) is 0 Å². The maximum absolute atomic E-state index is 6.43. The topological polar surface area (TPSA) is 42.4 Å². The molecule has 0 N–H and O–H groups in total. The molecule has 3 heterocycles. The summed E-state index contributed by atoms with van der Waals surface area (Å²) in [6, 6.07) is 64.0. The quantitative estimate of drug-likeness (QED) is 0.172. The molecule has 0 aliphatic rings. The summed E-state index contributed by atoms with van der Waals surface area (Å²) in [6.45, 7) is 0. The van der Waals surface area contributed by atoms with Crippen LogP contribution in [-0.2, 0) is 0 Å². The van der Waals surface area contributed by atoms with Crippen LogP contribution >= 0.6 is 11.3 Å². The van der Waals surface area contributed by atoms with Gasteiger partial charge in [0.25, 0.3) is 0 Å². The predicted octanol–water partition coefficient (Wildman–Crippen LogP) is 14.6. The molecule has 0 unspecified atom stereocenters. The third kappa shape index (κ3) is 5.01. The lowest BCUT2D eigenvalue weighted by Crippen LogP contribution is -2.10. The largest absolute Gasteiger partial charge is 0.456 e. The highest BCUT2D eigenvalue weighted by Crippen LogP contribution is 2.44. The normalized spacial score (nSPS) is 11.7. The molecule has 0 saturated heterocycles. The minimum absolute atomic E-state index is 0.592. The van der Waals surface area contributed by atoms with Crippen LogP contribution in [0, 0.1) is 0 Å². The molecule has 0 aliphatic carbocycles. The predicted molar refractivity (Wildman–Crippen MR) is 225 cm³/mol.